The molecule has 3 nitrogen and oxygen atoms in total. The summed E-state index contributed by atoms with van der Waals surface area (Å²) in [6.07, 6.45) is 0. The fourth-order valence-corrected chi connectivity index (χ4v) is 1.96. The molecule has 0 saturated heterocycles. The average molecular weight is 272 g/mol. The molecule has 1 aromatic rings. The van der Waals surface area contributed by atoms with Gasteiger partial charge in [-0.3, -0.25) is 0 Å². The molecule has 0 aliphatic heterocycles. The summed E-state index contributed by atoms with van der Waals surface area (Å²) in [5.74, 6) is -0.914. The first kappa shape index (κ1) is 12.0. The minimum atomic E-state index is -0.914. The second kappa shape index (κ2) is 4.66. The topological polar surface area (TPSA) is 49.3 Å². The Bertz CT molecular complexity index is 388. The maximum atomic E-state index is 11.0. The van der Waals surface area contributed by atoms with E-state index in [-0.39, 0.29) is 6.04 Å². The normalized spacial score (nSPS) is 10.5. The summed E-state index contributed by atoms with van der Waals surface area (Å²) in [6.45, 7) is 5.85. The molecule has 0 saturated carbocycles. The third kappa shape index (κ3) is 2.96. The predicted octanol–water partition coefficient (Wildman–Crippen LogP) is 3.28. The standard InChI is InChI=1S/C11H14BrNO2/c1-6(2)13-10-7(3)4-8(12)5-9(10)11(14)15/h4-6,13H,1-3H3,(H,14,15). The summed E-state index contributed by atoms with van der Waals surface area (Å²) in [6, 6.07) is 3.72. The van der Waals surface area contributed by atoms with E-state index in [0.29, 0.717) is 11.3 Å². The Balaban J connectivity index is 3.27. The Morgan fingerprint density at radius 1 is 1.47 bits per heavy atom. The van der Waals surface area contributed by atoms with E-state index in [4.69, 9.17) is 5.11 Å². The van der Waals surface area contributed by atoms with Crippen molar-refractivity contribution in [1.29, 1.82) is 0 Å². The molecule has 0 fully saturated rings. The number of carbonyl (C=O) groups is 1. The second-order valence-electron chi connectivity index (χ2n) is 3.75. The van der Waals surface area contributed by atoms with Crippen LogP contribution in [0.5, 0.6) is 0 Å². The van der Waals surface area contributed by atoms with Gasteiger partial charge in [-0.25, -0.2) is 4.79 Å². The van der Waals surface area contributed by atoms with Crippen molar-refractivity contribution in [1.82, 2.24) is 0 Å². The van der Waals surface area contributed by atoms with Crippen LogP contribution in [0, 0.1) is 6.92 Å². The Labute approximate surface area is 97.6 Å². The van der Waals surface area contributed by atoms with Crippen LogP contribution in [0.2, 0.25) is 0 Å². The largest absolute Gasteiger partial charge is 0.478 e. The zero-order valence-corrected chi connectivity index (χ0v) is 10.6. The van der Waals surface area contributed by atoms with Gasteiger partial charge in [0.15, 0.2) is 0 Å². The number of nitrogens with one attached hydrogen (secondary N) is 1. The van der Waals surface area contributed by atoms with Gasteiger partial charge in [-0.2, -0.15) is 0 Å². The van der Waals surface area contributed by atoms with Crippen molar-refractivity contribution in [2.45, 2.75) is 26.8 Å². The van der Waals surface area contributed by atoms with Crippen LogP contribution in [-0.2, 0) is 0 Å². The summed E-state index contributed by atoms with van der Waals surface area (Å²) in [4.78, 5) is 11.0. The third-order valence-electron chi connectivity index (χ3n) is 1.96. The van der Waals surface area contributed by atoms with Crippen LogP contribution in [0.3, 0.4) is 0 Å². The monoisotopic (exact) mass is 271 g/mol. The number of aromatic carboxylic acids is 1. The van der Waals surface area contributed by atoms with E-state index in [1.807, 2.05) is 26.8 Å². The quantitative estimate of drug-likeness (QED) is 0.887. The van der Waals surface area contributed by atoms with Gasteiger partial charge >= 0.3 is 5.97 Å². The van der Waals surface area contributed by atoms with Crippen LogP contribution in [0.1, 0.15) is 29.8 Å². The van der Waals surface area contributed by atoms with Crippen LogP contribution >= 0.6 is 15.9 Å². The van der Waals surface area contributed by atoms with Crippen molar-refractivity contribution in [2.24, 2.45) is 0 Å². The highest BCUT2D eigenvalue weighted by Gasteiger charge is 2.14. The highest BCUT2D eigenvalue weighted by atomic mass is 79.9. The Morgan fingerprint density at radius 3 is 2.53 bits per heavy atom. The van der Waals surface area contributed by atoms with Crippen LogP contribution < -0.4 is 5.32 Å². The molecule has 0 aliphatic carbocycles. The molecule has 0 radical (unpaired) electrons. The highest BCUT2D eigenvalue weighted by Crippen LogP contribution is 2.26. The number of hydrogen-bond donors (Lipinski definition) is 2. The maximum Gasteiger partial charge on any atom is 0.337 e. The van der Waals surface area contributed by atoms with E-state index in [9.17, 15) is 4.79 Å². The zero-order valence-electron chi connectivity index (χ0n) is 8.97. The molecule has 2 N–H and O–H groups in total. The first-order chi connectivity index (χ1) is 6.91. The molecule has 0 heterocycles. The van der Waals surface area contributed by atoms with Crippen molar-refractivity contribution >= 4 is 27.6 Å². The molecule has 1 rings (SSSR count). The average Bonchev–Trinajstić information content (AvgIpc) is 2.08. The summed E-state index contributed by atoms with van der Waals surface area (Å²) >= 11 is 3.29. The van der Waals surface area contributed by atoms with Gasteiger partial charge in [-0.15, -0.1) is 0 Å². The number of halogens is 1. The summed E-state index contributed by atoms with van der Waals surface area (Å²) in [7, 11) is 0. The Hall–Kier alpha value is -1.03. The van der Waals surface area contributed by atoms with Gasteiger partial charge in [0.2, 0.25) is 0 Å². The lowest BCUT2D eigenvalue weighted by Gasteiger charge is -2.15. The zero-order chi connectivity index (χ0) is 11.6. The lowest BCUT2D eigenvalue weighted by Crippen LogP contribution is -2.14. The van der Waals surface area contributed by atoms with Gasteiger partial charge in [0.1, 0.15) is 0 Å². The van der Waals surface area contributed by atoms with Gasteiger partial charge in [0.05, 0.1) is 11.3 Å². The van der Waals surface area contributed by atoms with E-state index in [1.165, 1.54) is 0 Å². The third-order valence-corrected chi connectivity index (χ3v) is 2.42. The molecule has 0 unspecified atom stereocenters. The van der Waals surface area contributed by atoms with Gasteiger partial charge in [0, 0.05) is 10.5 Å². The van der Waals surface area contributed by atoms with E-state index in [0.717, 1.165) is 10.0 Å². The molecule has 0 bridgehead atoms. The van der Waals surface area contributed by atoms with Crippen molar-refractivity contribution < 1.29 is 9.90 Å². The van der Waals surface area contributed by atoms with Crippen molar-refractivity contribution in [3.05, 3.63) is 27.7 Å². The first-order valence-electron chi connectivity index (χ1n) is 4.71. The Kier molecular flexibility index (Phi) is 3.74. The smallest absolute Gasteiger partial charge is 0.337 e. The molecule has 15 heavy (non-hydrogen) atoms. The second-order valence-corrected chi connectivity index (χ2v) is 4.67. The van der Waals surface area contributed by atoms with Crippen LogP contribution in [0.15, 0.2) is 16.6 Å². The van der Waals surface area contributed by atoms with Crippen LogP contribution in [0.25, 0.3) is 0 Å². The van der Waals surface area contributed by atoms with Crippen molar-refractivity contribution in [3.8, 4) is 0 Å². The number of rotatable bonds is 3. The van der Waals surface area contributed by atoms with E-state index < -0.39 is 5.97 Å². The molecular weight excluding hydrogens is 258 g/mol. The fourth-order valence-electron chi connectivity index (χ4n) is 1.39. The van der Waals surface area contributed by atoms with Gasteiger partial charge in [-0.1, -0.05) is 15.9 Å². The molecular formula is C11H14BrNO2. The van der Waals surface area contributed by atoms with Gasteiger partial charge in [-0.05, 0) is 38.5 Å². The number of carboxylic acid groups (broad SMARTS) is 1. The summed E-state index contributed by atoms with van der Waals surface area (Å²) < 4.78 is 0.784. The van der Waals surface area contributed by atoms with Crippen LogP contribution in [-0.4, -0.2) is 17.1 Å². The molecule has 1 aromatic carbocycles. The number of carboxylic acids is 1. The lowest BCUT2D eigenvalue weighted by molar-refractivity contribution is 0.0697. The lowest BCUT2D eigenvalue weighted by atomic mass is 10.1. The molecule has 82 valence electrons. The van der Waals surface area contributed by atoms with Crippen molar-refractivity contribution in [3.63, 3.8) is 0 Å². The van der Waals surface area contributed by atoms with Gasteiger partial charge < -0.3 is 10.4 Å². The number of anilines is 1. The van der Waals surface area contributed by atoms with Crippen molar-refractivity contribution in [2.75, 3.05) is 5.32 Å². The number of benzene rings is 1. The number of aryl methyl sites for hydroxylation is 1. The summed E-state index contributed by atoms with van der Waals surface area (Å²) in [5.41, 5.74) is 1.92. The fraction of sp³-hybridized carbons (Fsp3) is 0.364. The minimum Gasteiger partial charge on any atom is -0.478 e. The molecule has 0 atom stereocenters. The van der Waals surface area contributed by atoms with Gasteiger partial charge in [0.25, 0.3) is 0 Å². The molecule has 0 aromatic heterocycles. The predicted molar refractivity (Wildman–Crippen MR) is 64.6 cm³/mol. The molecule has 0 spiro atoms. The molecule has 4 heteroatoms. The first-order valence-corrected chi connectivity index (χ1v) is 5.51. The van der Waals surface area contributed by atoms with Crippen LogP contribution in [0.4, 0.5) is 5.69 Å². The Morgan fingerprint density at radius 2 is 2.07 bits per heavy atom. The van der Waals surface area contributed by atoms with E-state index in [2.05, 4.69) is 21.2 Å². The highest BCUT2D eigenvalue weighted by molar-refractivity contribution is 9.10. The SMILES string of the molecule is Cc1cc(Br)cc(C(=O)O)c1NC(C)C. The minimum absolute atomic E-state index is 0.211. The number of hydrogen-bond acceptors (Lipinski definition) is 2. The molecule has 0 amide bonds. The maximum absolute atomic E-state index is 11.0. The van der Waals surface area contributed by atoms with E-state index >= 15 is 0 Å². The summed E-state index contributed by atoms with van der Waals surface area (Å²) in [5, 5.41) is 12.2. The van der Waals surface area contributed by atoms with E-state index in [1.54, 1.807) is 6.07 Å². The molecule has 0 aliphatic rings.